The average Bonchev–Trinajstić information content (AvgIpc) is 2.48. The largest absolute Gasteiger partial charge is 0.235 e. The second kappa shape index (κ2) is 6.76. The predicted molar refractivity (Wildman–Crippen MR) is 75.4 cm³/mol. The number of rotatable bonds is 5. The normalized spacial score (nSPS) is 10.2. The number of hydrogen-bond acceptors (Lipinski definition) is 3. The Morgan fingerprint density at radius 1 is 1.20 bits per heavy atom. The van der Waals surface area contributed by atoms with Crippen LogP contribution in [0.1, 0.15) is 37.3 Å². The first-order valence-electron chi connectivity index (χ1n) is 6.76. The van der Waals surface area contributed by atoms with Crippen molar-refractivity contribution in [2.75, 3.05) is 0 Å². The molecule has 0 bridgehead atoms. The van der Waals surface area contributed by atoms with Gasteiger partial charge in [-0.1, -0.05) is 44.0 Å². The van der Waals surface area contributed by atoms with Crippen molar-refractivity contribution in [2.45, 2.75) is 32.6 Å². The van der Waals surface area contributed by atoms with E-state index in [1.165, 1.54) is 31.0 Å². The highest BCUT2D eigenvalue weighted by Gasteiger charge is 2.07. The van der Waals surface area contributed by atoms with Crippen molar-refractivity contribution in [3.05, 3.63) is 47.5 Å². The molecular formula is C16H16FN3. The van der Waals surface area contributed by atoms with Gasteiger partial charge in [0, 0.05) is 5.56 Å². The van der Waals surface area contributed by atoms with Crippen LogP contribution in [0.4, 0.5) is 4.39 Å². The van der Waals surface area contributed by atoms with Gasteiger partial charge in [0.25, 0.3) is 0 Å². The number of benzene rings is 1. The van der Waals surface area contributed by atoms with Crippen LogP contribution in [0.5, 0.6) is 0 Å². The topological polar surface area (TPSA) is 49.6 Å². The molecule has 2 aromatic rings. The fourth-order valence-electron chi connectivity index (χ4n) is 1.97. The Kier molecular flexibility index (Phi) is 4.78. The van der Waals surface area contributed by atoms with Gasteiger partial charge in [-0.25, -0.2) is 4.98 Å². The molecule has 1 aromatic heterocycles. The number of hydrogen-bond donors (Lipinski definition) is 0. The molecule has 0 saturated carbocycles. The average molecular weight is 269 g/mol. The maximum atomic E-state index is 13.4. The van der Waals surface area contributed by atoms with E-state index in [2.05, 4.69) is 16.9 Å². The van der Waals surface area contributed by atoms with Gasteiger partial charge in [0.05, 0.1) is 6.20 Å². The number of halogens is 1. The number of nitriles is 1. The van der Waals surface area contributed by atoms with E-state index in [0.717, 1.165) is 12.0 Å². The van der Waals surface area contributed by atoms with Crippen LogP contribution in [-0.2, 0) is 6.42 Å². The van der Waals surface area contributed by atoms with Gasteiger partial charge < -0.3 is 0 Å². The van der Waals surface area contributed by atoms with Crippen LogP contribution < -0.4 is 0 Å². The molecule has 1 heterocycles. The molecule has 0 aliphatic rings. The molecule has 0 aliphatic carbocycles. The third-order valence-corrected chi connectivity index (χ3v) is 3.14. The van der Waals surface area contributed by atoms with Gasteiger partial charge in [-0.3, -0.25) is 0 Å². The maximum Gasteiger partial charge on any atom is 0.234 e. The Hall–Kier alpha value is -2.28. The number of nitrogens with zero attached hydrogens (tertiary/aromatic N) is 3. The van der Waals surface area contributed by atoms with Gasteiger partial charge >= 0.3 is 0 Å². The minimum atomic E-state index is -0.774. The quantitative estimate of drug-likeness (QED) is 0.611. The zero-order chi connectivity index (χ0) is 14.4. The lowest BCUT2D eigenvalue weighted by atomic mass is 10.1. The summed E-state index contributed by atoms with van der Waals surface area (Å²) < 4.78 is 13.4. The van der Waals surface area contributed by atoms with Crippen molar-refractivity contribution in [1.82, 2.24) is 9.97 Å². The van der Waals surface area contributed by atoms with Crippen LogP contribution in [-0.4, -0.2) is 9.97 Å². The molecule has 3 nitrogen and oxygen atoms in total. The fraction of sp³-hybridized carbons (Fsp3) is 0.312. The Morgan fingerprint density at radius 2 is 1.95 bits per heavy atom. The fourth-order valence-corrected chi connectivity index (χ4v) is 1.97. The van der Waals surface area contributed by atoms with E-state index in [0.29, 0.717) is 5.82 Å². The molecule has 0 fully saturated rings. The second-order valence-corrected chi connectivity index (χ2v) is 4.66. The molecule has 0 atom stereocenters. The summed E-state index contributed by atoms with van der Waals surface area (Å²) in [6.45, 7) is 2.18. The predicted octanol–water partition coefficient (Wildman–Crippen LogP) is 3.89. The Balaban J connectivity index is 2.14. The summed E-state index contributed by atoms with van der Waals surface area (Å²) in [5, 5.41) is 8.65. The molecule has 4 heteroatoms. The first-order valence-corrected chi connectivity index (χ1v) is 6.76. The van der Waals surface area contributed by atoms with E-state index in [1.54, 1.807) is 6.07 Å². The van der Waals surface area contributed by atoms with Crippen molar-refractivity contribution >= 4 is 0 Å². The van der Waals surface area contributed by atoms with Crippen molar-refractivity contribution in [3.8, 4) is 17.5 Å². The van der Waals surface area contributed by atoms with E-state index in [4.69, 9.17) is 5.26 Å². The molecule has 0 amide bonds. The van der Waals surface area contributed by atoms with E-state index in [9.17, 15) is 4.39 Å². The minimum absolute atomic E-state index is 0.134. The molecule has 0 unspecified atom stereocenters. The summed E-state index contributed by atoms with van der Waals surface area (Å²) in [5.74, 6) is -0.467. The monoisotopic (exact) mass is 269 g/mol. The summed E-state index contributed by atoms with van der Waals surface area (Å²) in [7, 11) is 0. The van der Waals surface area contributed by atoms with Crippen LogP contribution in [0.3, 0.4) is 0 Å². The lowest BCUT2D eigenvalue weighted by molar-refractivity contribution is 0.577. The Labute approximate surface area is 118 Å². The van der Waals surface area contributed by atoms with Gasteiger partial charge in [-0.05, 0) is 18.4 Å². The Morgan fingerprint density at radius 3 is 2.55 bits per heavy atom. The minimum Gasteiger partial charge on any atom is -0.235 e. The number of aryl methyl sites for hydroxylation is 1. The molecule has 0 saturated heterocycles. The molecule has 0 N–H and O–H groups in total. The smallest absolute Gasteiger partial charge is 0.234 e. The van der Waals surface area contributed by atoms with Gasteiger partial charge in [-0.2, -0.15) is 14.6 Å². The van der Waals surface area contributed by atoms with Gasteiger partial charge in [-0.15, -0.1) is 0 Å². The molecule has 0 radical (unpaired) electrons. The van der Waals surface area contributed by atoms with Crippen LogP contribution >= 0.6 is 0 Å². The van der Waals surface area contributed by atoms with Gasteiger partial charge in [0.2, 0.25) is 5.95 Å². The molecule has 0 spiro atoms. The van der Waals surface area contributed by atoms with Crippen LogP contribution in [0.25, 0.3) is 11.4 Å². The molecule has 1 aromatic carbocycles. The van der Waals surface area contributed by atoms with Crippen LogP contribution in [0.2, 0.25) is 0 Å². The Bertz CT molecular complexity index is 615. The van der Waals surface area contributed by atoms with Crippen molar-refractivity contribution < 1.29 is 4.39 Å². The summed E-state index contributed by atoms with van der Waals surface area (Å²) in [5.41, 5.74) is 1.88. The highest BCUT2D eigenvalue weighted by Crippen LogP contribution is 2.17. The van der Waals surface area contributed by atoms with E-state index in [-0.39, 0.29) is 5.56 Å². The van der Waals surface area contributed by atoms with Gasteiger partial charge in [0.15, 0.2) is 5.82 Å². The van der Waals surface area contributed by atoms with Crippen molar-refractivity contribution in [2.24, 2.45) is 0 Å². The molecule has 20 heavy (non-hydrogen) atoms. The molecule has 2 rings (SSSR count). The standard InChI is InChI=1S/C16H16FN3/c1-2-3-4-5-12-6-8-13(9-7-12)16-19-11-14(10-18)15(17)20-16/h6-9,11H,2-5H2,1H3. The SMILES string of the molecule is CCCCCc1ccc(-c2ncc(C#N)c(F)n2)cc1. The molecule has 0 aliphatic heterocycles. The van der Waals surface area contributed by atoms with Crippen molar-refractivity contribution in [1.29, 1.82) is 5.26 Å². The summed E-state index contributed by atoms with van der Waals surface area (Å²) in [4.78, 5) is 7.73. The molecular weight excluding hydrogens is 253 g/mol. The molecule has 102 valence electrons. The van der Waals surface area contributed by atoms with Gasteiger partial charge in [0.1, 0.15) is 11.6 Å². The van der Waals surface area contributed by atoms with E-state index >= 15 is 0 Å². The summed E-state index contributed by atoms with van der Waals surface area (Å²) in [6, 6.07) is 9.53. The first kappa shape index (κ1) is 14.1. The third-order valence-electron chi connectivity index (χ3n) is 3.14. The number of unbranched alkanes of at least 4 members (excludes halogenated alkanes) is 2. The maximum absolute atomic E-state index is 13.4. The summed E-state index contributed by atoms with van der Waals surface area (Å²) in [6.07, 6.45) is 5.88. The van der Waals surface area contributed by atoms with E-state index < -0.39 is 5.95 Å². The zero-order valence-electron chi connectivity index (χ0n) is 11.4. The lowest BCUT2D eigenvalue weighted by Gasteiger charge is -2.04. The van der Waals surface area contributed by atoms with Crippen molar-refractivity contribution in [3.63, 3.8) is 0 Å². The first-order chi connectivity index (χ1) is 9.74. The number of aromatic nitrogens is 2. The second-order valence-electron chi connectivity index (χ2n) is 4.66. The summed E-state index contributed by atoms with van der Waals surface area (Å²) >= 11 is 0. The highest BCUT2D eigenvalue weighted by molar-refractivity contribution is 5.55. The van der Waals surface area contributed by atoms with Crippen LogP contribution in [0.15, 0.2) is 30.5 Å². The van der Waals surface area contributed by atoms with E-state index in [1.807, 2.05) is 24.3 Å². The third kappa shape index (κ3) is 3.39. The van der Waals surface area contributed by atoms with Crippen LogP contribution in [0, 0.1) is 17.3 Å². The lowest BCUT2D eigenvalue weighted by Crippen LogP contribution is -1.96. The zero-order valence-corrected chi connectivity index (χ0v) is 11.4. The highest BCUT2D eigenvalue weighted by atomic mass is 19.1.